The van der Waals surface area contributed by atoms with Crippen molar-refractivity contribution in [2.24, 2.45) is 23.7 Å². The number of carboxylic acid groups (broad SMARTS) is 1. The zero-order valence-electron chi connectivity index (χ0n) is 19.6. The number of aliphatic carboxylic acids is 1. The molecule has 2 aliphatic rings. The van der Waals surface area contributed by atoms with Crippen molar-refractivity contribution in [2.45, 2.75) is 24.2 Å². The molecule has 4 atom stereocenters. The molecular formula is C25H22F6N2O5. The Bertz CT molecular complexity index is 1290. The zero-order valence-corrected chi connectivity index (χ0v) is 19.6. The van der Waals surface area contributed by atoms with Gasteiger partial charge in [-0.1, -0.05) is 24.3 Å². The number of phenols is 2. The largest absolute Gasteiger partial charge is 0.506 e. The summed E-state index contributed by atoms with van der Waals surface area (Å²) in [5.74, 6) is -6.78. The number of fused-ring (bicyclic) bond motifs is 2. The van der Waals surface area contributed by atoms with Crippen molar-refractivity contribution in [3.63, 3.8) is 0 Å². The van der Waals surface area contributed by atoms with Crippen molar-refractivity contribution in [1.29, 1.82) is 0 Å². The molecule has 0 heterocycles. The number of alkyl halides is 6. The number of hydrogen-bond acceptors (Lipinski definition) is 5. The summed E-state index contributed by atoms with van der Waals surface area (Å²) in [7, 11) is 1.20. The third-order valence-electron chi connectivity index (χ3n) is 7.28. The number of phenolic OH excluding ortho intramolecular Hbond substituents is 2. The van der Waals surface area contributed by atoms with Crippen molar-refractivity contribution in [3.8, 4) is 11.5 Å². The maximum atomic E-state index is 14.5. The fourth-order valence-electron chi connectivity index (χ4n) is 5.55. The van der Waals surface area contributed by atoms with E-state index in [1.165, 1.54) is 7.05 Å². The molecule has 0 spiro atoms. The summed E-state index contributed by atoms with van der Waals surface area (Å²) in [5, 5.41) is 34.1. The Morgan fingerprint density at radius 3 is 1.76 bits per heavy atom. The highest BCUT2D eigenvalue weighted by molar-refractivity contribution is 5.97. The summed E-state index contributed by atoms with van der Waals surface area (Å²) in [6.07, 6.45) is -8.26. The molecule has 2 aromatic carbocycles. The van der Waals surface area contributed by atoms with Gasteiger partial charge in [0, 0.05) is 7.05 Å². The molecule has 38 heavy (non-hydrogen) atoms. The Morgan fingerprint density at radius 2 is 1.29 bits per heavy atom. The minimum Gasteiger partial charge on any atom is -0.506 e. The van der Waals surface area contributed by atoms with E-state index in [0.29, 0.717) is 42.8 Å². The van der Waals surface area contributed by atoms with Crippen LogP contribution < -0.4 is 10.6 Å². The SMILES string of the molecule is CNc1cc(C(c2ccc(O)c(NC(=O)C3C4C=CC(C4)C3C(=O)O)c2)(C(F)(F)F)C(F)(F)F)ccc1O. The van der Waals surface area contributed by atoms with Crippen LogP contribution in [0.15, 0.2) is 48.6 Å². The number of hydrogen-bond donors (Lipinski definition) is 5. The molecule has 0 aliphatic heterocycles. The Balaban J connectivity index is 1.84. The monoisotopic (exact) mass is 544 g/mol. The molecule has 1 fully saturated rings. The highest BCUT2D eigenvalue weighted by atomic mass is 19.4. The summed E-state index contributed by atoms with van der Waals surface area (Å²) in [4.78, 5) is 24.7. The van der Waals surface area contributed by atoms with Crippen LogP contribution in [0.3, 0.4) is 0 Å². The fourth-order valence-corrected chi connectivity index (χ4v) is 5.55. The number of rotatable bonds is 6. The molecule has 4 rings (SSSR count). The topological polar surface area (TPSA) is 119 Å². The number of nitrogens with one attached hydrogen (secondary N) is 2. The Hall–Kier alpha value is -3.90. The van der Waals surface area contributed by atoms with E-state index < -0.39 is 87.3 Å². The highest BCUT2D eigenvalue weighted by Crippen LogP contribution is 2.57. The molecule has 1 saturated carbocycles. The summed E-state index contributed by atoms with van der Waals surface area (Å²) in [6.45, 7) is 0. The van der Waals surface area contributed by atoms with Gasteiger partial charge < -0.3 is 26.0 Å². The minimum atomic E-state index is -5.96. The predicted octanol–water partition coefficient (Wildman–Crippen LogP) is 5.01. The van der Waals surface area contributed by atoms with E-state index in [2.05, 4.69) is 10.6 Å². The van der Waals surface area contributed by atoms with Crippen LogP contribution in [0.4, 0.5) is 37.7 Å². The Kier molecular flexibility index (Phi) is 6.53. The van der Waals surface area contributed by atoms with Crippen LogP contribution in [0.1, 0.15) is 17.5 Å². The highest BCUT2D eigenvalue weighted by Gasteiger charge is 2.72. The van der Waals surface area contributed by atoms with Crippen LogP contribution in [0.25, 0.3) is 0 Å². The molecule has 204 valence electrons. The molecule has 0 radical (unpaired) electrons. The van der Waals surface area contributed by atoms with Crippen LogP contribution in [-0.4, -0.2) is 46.6 Å². The third-order valence-corrected chi connectivity index (χ3v) is 7.28. The molecule has 2 aromatic rings. The molecule has 7 nitrogen and oxygen atoms in total. The van der Waals surface area contributed by atoms with Gasteiger partial charge in [-0.15, -0.1) is 0 Å². The van der Waals surface area contributed by atoms with Gasteiger partial charge in [-0.05, 0) is 53.6 Å². The molecule has 0 saturated heterocycles. The number of halogens is 6. The summed E-state index contributed by atoms with van der Waals surface area (Å²) >= 11 is 0. The van der Waals surface area contributed by atoms with Gasteiger partial charge in [0.1, 0.15) is 11.5 Å². The van der Waals surface area contributed by atoms with E-state index in [1.54, 1.807) is 12.2 Å². The second-order valence-corrected chi connectivity index (χ2v) is 9.29. The van der Waals surface area contributed by atoms with Crippen LogP contribution in [0, 0.1) is 23.7 Å². The number of allylic oxidation sites excluding steroid dienone is 2. The minimum absolute atomic E-state index is 0.362. The summed E-state index contributed by atoms with van der Waals surface area (Å²) < 4.78 is 87.2. The van der Waals surface area contributed by atoms with Gasteiger partial charge in [0.2, 0.25) is 11.3 Å². The van der Waals surface area contributed by atoms with Crippen LogP contribution in [0.5, 0.6) is 11.5 Å². The zero-order chi connectivity index (χ0) is 28.2. The van der Waals surface area contributed by atoms with E-state index >= 15 is 0 Å². The Morgan fingerprint density at radius 1 is 0.816 bits per heavy atom. The summed E-state index contributed by atoms with van der Waals surface area (Å²) in [5.41, 5.74) is -8.39. The van der Waals surface area contributed by atoms with Gasteiger partial charge in [-0.2, -0.15) is 26.3 Å². The normalized spacial score (nSPS) is 22.9. The predicted molar refractivity (Wildman–Crippen MR) is 123 cm³/mol. The fraction of sp³-hybridized carbons (Fsp3) is 0.360. The average Bonchev–Trinajstić information content (AvgIpc) is 3.42. The average molecular weight is 544 g/mol. The molecular weight excluding hydrogens is 522 g/mol. The van der Waals surface area contributed by atoms with E-state index in [4.69, 9.17) is 0 Å². The molecule has 4 unspecified atom stereocenters. The van der Waals surface area contributed by atoms with Crippen LogP contribution >= 0.6 is 0 Å². The van der Waals surface area contributed by atoms with Gasteiger partial charge in [-0.3, -0.25) is 9.59 Å². The maximum Gasteiger partial charge on any atom is 0.411 e. The van der Waals surface area contributed by atoms with Crippen LogP contribution in [0.2, 0.25) is 0 Å². The first-order valence-electron chi connectivity index (χ1n) is 11.3. The maximum absolute atomic E-state index is 14.5. The number of anilines is 2. The van der Waals surface area contributed by atoms with Gasteiger partial charge >= 0.3 is 18.3 Å². The quantitative estimate of drug-likeness (QED) is 0.198. The number of carbonyl (C=O) groups is 2. The molecule has 1 amide bonds. The van der Waals surface area contributed by atoms with Gasteiger partial charge in [0.05, 0.1) is 23.2 Å². The second-order valence-electron chi connectivity index (χ2n) is 9.29. The van der Waals surface area contributed by atoms with E-state index in [9.17, 15) is 51.3 Å². The number of carbonyl (C=O) groups excluding carboxylic acids is 1. The number of carboxylic acids is 1. The molecule has 2 bridgehead atoms. The lowest BCUT2D eigenvalue weighted by molar-refractivity contribution is -0.288. The van der Waals surface area contributed by atoms with Crippen molar-refractivity contribution in [1.82, 2.24) is 0 Å². The lowest BCUT2D eigenvalue weighted by Crippen LogP contribution is -2.54. The van der Waals surface area contributed by atoms with Gasteiger partial charge in [0.15, 0.2) is 0 Å². The smallest absolute Gasteiger partial charge is 0.411 e. The molecule has 5 N–H and O–H groups in total. The first-order valence-corrected chi connectivity index (χ1v) is 11.3. The van der Waals surface area contributed by atoms with Gasteiger partial charge in [0.25, 0.3) is 0 Å². The lowest BCUT2D eigenvalue weighted by atomic mass is 9.72. The second kappa shape index (κ2) is 9.14. The van der Waals surface area contributed by atoms with E-state index in [1.807, 2.05) is 0 Å². The van der Waals surface area contributed by atoms with Crippen molar-refractivity contribution in [3.05, 3.63) is 59.7 Å². The van der Waals surface area contributed by atoms with Crippen molar-refractivity contribution < 1.29 is 51.3 Å². The van der Waals surface area contributed by atoms with Crippen LogP contribution in [-0.2, 0) is 15.0 Å². The first-order chi connectivity index (χ1) is 17.6. The molecule has 2 aliphatic carbocycles. The molecule has 0 aromatic heterocycles. The van der Waals surface area contributed by atoms with Crippen molar-refractivity contribution in [2.75, 3.05) is 17.7 Å². The third kappa shape index (κ3) is 4.09. The van der Waals surface area contributed by atoms with E-state index in [-0.39, 0.29) is 0 Å². The Labute approximate surface area is 211 Å². The van der Waals surface area contributed by atoms with E-state index in [0.717, 1.165) is 0 Å². The first kappa shape index (κ1) is 27.1. The number of amides is 1. The molecule has 13 heteroatoms. The van der Waals surface area contributed by atoms with Crippen molar-refractivity contribution >= 4 is 23.3 Å². The lowest BCUT2D eigenvalue weighted by Gasteiger charge is -2.38. The van der Waals surface area contributed by atoms with Gasteiger partial charge in [-0.25, -0.2) is 0 Å². The summed E-state index contributed by atoms with van der Waals surface area (Å²) in [6, 6.07) is 3.09. The number of benzene rings is 2. The standard InChI is InChI=1S/C25H22F6N2O5/c1-32-15-9-13(4-6-17(15)34)23(24(26,27)28,25(29,30)31)14-5-7-18(35)16(10-14)33-21(36)19-11-2-3-12(8-11)20(19)22(37)38/h2-7,9-12,19-20,32,34-35H,8H2,1H3,(H,33,36)(H,37,38). The number of aromatic hydroxyl groups is 2.